The van der Waals surface area contributed by atoms with Crippen molar-refractivity contribution in [3.05, 3.63) is 38.5 Å². The second kappa shape index (κ2) is 5.12. The van der Waals surface area contributed by atoms with E-state index in [9.17, 15) is 0 Å². The number of rotatable bonds is 3. The number of thiophene rings is 1. The minimum absolute atomic E-state index is 0.295. The van der Waals surface area contributed by atoms with Gasteiger partial charge in [-0.3, -0.25) is 0 Å². The highest BCUT2D eigenvalue weighted by Gasteiger charge is 2.12. The van der Waals surface area contributed by atoms with Gasteiger partial charge in [-0.2, -0.15) is 0 Å². The zero-order chi connectivity index (χ0) is 12.4. The smallest absolute Gasteiger partial charge is 0.150 e. The summed E-state index contributed by atoms with van der Waals surface area (Å²) >= 11 is 13.6. The lowest BCUT2D eigenvalue weighted by Gasteiger charge is -2.19. The van der Waals surface area contributed by atoms with Gasteiger partial charge in [-0.15, -0.1) is 11.3 Å². The molecule has 2 heterocycles. The average Bonchev–Trinajstić information content (AvgIpc) is 2.76. The van der Waals surface area contributed by atoms with E-state index >= 15 is 0 Å². The minimum Gasteiger partial charge on any atom is -0.382 e. The molecule has 0 aromatic carbocycles. The van der Waals surface area contributed by atoms with Crippen LogP contribution in [0.1, 0.15) is 4.88 Å². The van der Waals surface area contributed by atoms with Gasteiger partial charge in [0.05, 0.1) is 16.6 Å². The minimum atomic E-state index is 0.295. The van der Waals surface area contributed by atoms with Crippen LogP contribution in [-0.2, 0) is 6.54 Å². The Bertz CT molecular complexity index is 514. The molecule has 0 unspecified atom stereocenters. The lowest BCUT2D eigenvalue weighted by Crippen LogP contribution is -2.18. The molecule has 2 aromatic heterocycles. The highest BCUT2D eigenvalue weighted by Crippen LogP contribution is 2.30. The molecule has 0 aliphatic rings. The van der Waals surface area contributed by atoms with Gasteiger partial charge in [0, 0.05) is 11.9 Å². The fourth-order valence-corrected chi connectivity index (χ4v) is 2.71. The molecule has 0 radical (unpaired) electrons. The standard InChI is InChI=1S/C11H11Cl2N3S/c1-16(6-7-3-2-4-17-7)11-9(13)5-8(12)10(14)15-11/h2-5H,6H2,1H3,(H2,14,15). The molecule has 2 N–H and O–H groups in total. The molecule has 0 fully saturated rings. The summed E-state index contributed by atoms with van der Waals surface area (Å²) in [6.45, 7) is 0.742. The zero-order valence-corrected chi connectivity index (χ0v) is 11.5. The van der Waals surface area contributed by atoms with Crippen LogP contribution < -0.4 is 10.6 Å². The summed E-state index contributed by atoms with van der Waals surface area (Å²) in [5.74, 6) is 0.936. The van der Waals surface area contributed by atoms with E-state index in [0.29, 0.717) is 21.7 Å². The number of pyridine rings is 1. The Morgan fingerprint density at radius 3 is 2.82 bits per heavy atom. The predicted octanol–water partition coefficient (Wildman–Crippen LogP) is 3.67. The van der Waals surface area contributed by atoms with Crippen molar-refractivity contribution in [1.29, 1.82) is 0 Å². The maximum absolute atomic E-state index is 6.10. The van der Waals surface area contributed by atoms with Gasteiger partial charge >= 0.3 is 0 Å². The van der Waals surface area contributed by atoms with Gasteiger partial charge in [0.1, 0.15) is 11.6 Å². The predicted molar refractivity (Wildman–Crippen MR) is 75.1 cm³/mol. The summed E-state index contributed by atoms with van der Waals surface area (Å²) in [5, 5.41) is 2.92. The van der Waals surface area contributed by atoms with Gasteiger partial charge in [0.25, 0.3) is 0 Å². The molecule has 0 aliphatic carbocycles. The Morgan fingerprint density at radius 2 is 2.18 bits per heavy atom. The van der Waals surface area contributed by atoms with Crippen molar-refractivity contribution in [3.8, 4) is 0 Å². The summed E-state index contributed by atoms with van der Waals surface area (Å²) in [6.07, 6.45) is 0. The Kier molecular flexibility index (Phi) is 3.76. The third kappa shape index (κ3) is 2.83. The molecule has 6 heteroatoms. The molecular weight excluding hydrogens is 277 g/mol. The quantitative estimate of drug-likeness (QED) is 0.937. The van der Waals surface area contributed by atoms with Crippen LogP contribution in [0.3, 0.4) is 0 Å². The number of hydrogen-bond acceptors (Lipinski definition) is 4. The lowest BCUT2D eigenvalue weighted by atomic mass is 10.4. The van der Waals surface area contributed by atoms with Crippen LogP contribution in [0.25, 0.3) is 0 Å². The fourth-order valence-electron chi connectivity index (χ4n) is 1.45. The second-order valence-electron chi connectivity index (χ2n) is 3.60. The monoisotopic (exact) mass is 287 g/mol. The SMILES string of the molecule is CN(Cc1cccs1)c1nc(N)c(Cl)cc1Cl. The number of hydrogen-bond donors (Lipinski definition) is 1. The number of aromatic nitrogens is 1. The molecule has 0 aliphatic heterocycles. The third-order valence-electron chi connectivity index (χ3n) is 2.27. The van der Waals surface area contributed by atoms with Crippen LogP contribution >= 0.6 is 34.5 Å². The number of nitrogen functional groups attached to an aromatic ring is 1. The highest BCUT2D eigenvalue weighted by molar-refractivity contribution is 7.09. The maximum atomic E-state index is 6.10. The molecule has 0 amide bonds. The number of halogens is 2. The molecule has 0 spiro atoms. The van der Waals surface area contributed by atoms with Crippen molar-refractivity contribution in [2.45, 2.75) is 6.54 Å². The van der Waals surface area contributed by atoms with E-state index in [4.69, 9.17) is 28.9 Å². The molecule has 90 valence electrons. The molecule has 0 atom stereocenters. The van der Waals surface area contributed by atoms with Gasteiger partial charge in [0.2, 0.25) is 0 Å². The molecule has 2 aromatic rings. The van der Waals surface area contributed by atoms with Crippen LogP contribution in [0.2, 0.25) is 10.0 Å². The topological polar surface area (TPSA) is 42.2 Å². The van der Waals surface area contributed by atoms with Crippen molar-refractivity contribution in [1.82, 2.24) is 4.98 Å². The van der Waals surface area contributed by atoms with Crippen molar-refractivity contribution in [3.63, 3.8) is 0 Å². The fraction of sp³-hybridized carbons (Fsp3) is 0.182. The maximum Gasteiger partial charge on any atom is 0.150 e. The van der Waals surface area contributed by atoms with Crippen molar-refractivity contribution in [2.75, 3.05) is 17.7 Å². The van der Waals surface area contributed by atoms with Gasteiger partial charge in [-0.25, -0.2) is 4.98 Å². The molecule has 0 saturated heterocycles. The molecule has 0 bridgehead atoms. The van der Waals surface area contributed by atoms with Gasteiger partial charge in [-0.1, -0.05) is 29.3 Å². The number of anilines is 2. The molecular formula is C11H11Cl2N3S. The summed E-state index contributed by atoms with van der Waals surface area (Å²) in [5.41, 5.74) is 5.67. The number of nitrogens with zero attached hydrogens (tertiary/aromatic N) is 2. The summed E-state index contributed by atoms with van der Waals surface area (Å²) in [6, 6.07) is 5.69. The van der Waals surface area contributed by atoms with Gasteiger partial charge in [-0.05, 0) is 17.5 Å². The van der Waals surface area contributed by atoms with Crippen LogP contribution in [0.5, 0.6) is 0 Å². The first-order valence-electron chi connectivity index (χ1n) is 4.93. The first-order chi connectivity index (χ1) is 8.08. The number of nitrogens with two attached hydrogens (primary N) is 1. The first kappa shape index (κ1) is 12.5. The zero-order valence-electron chi connectivity index (χ0n) is 9.15. The third-order valence-corrected chi connectivity index (χ3v) is 3.71. The summed E-state index contributed by atoms with van der Waals surface area (Å²) in [4.78, 5) is 7.38. The molecule has 2 rings (SSSR count). The Hall–Kier alpha value is -0.970. The lowest BCUT2D eigenvalue weighted by molar-refractivity contribution is 0.914. The van der Waals surface area contributed by atoms with Crippen molar-refractivity contribution in [2.24, 2.45) is 0 Å². The highest BCUT2D eigenvalue weighted by atomic mass is 35.5. The Labute approximate surface area is 114 Å². The second-order valence-corrected chi connectivity index (χ2v) is 5.44. The van der Waals surface area contributed by atoms with E-state index < -0.39 is 0 Å². The van der Waals surface area contributed by atoms with Crippen molar-refractivity contribution >= 4 is 46.2 Å². The van der Waals surface area contributed by atoms with E-state index in [-0.39, 0.29) is 0 Å². The van der Waals surface area contributed by atoms with Crippen LogP contribution in [0, 0.1) is 0 Å². The molecule has 17 heavy (non-hydrogen) atoms. The molecule has 3 nitrogen and oxygen atoms in total. The Morgan fingerprint density at radius 1 is 1.41 bits per heavy atom. The normalized spacial score (nSPS) is 10.5. The first-order valence-corrected chi connectivity index (χ1v) is 6.56. The van der Waals surface area contributed by atoms with E-state index in [1.54, 1.807) is 17.4 Å². The van der Waals surface area contributed by atoms with E-state index in [1.165, 1.54) is 4.88 Å². The van der Waals surface area contributed by atoms with Crippen molar-refractivity contribution < 1.29 is 0 Å². The van der Waals surface area contributed by atoms with E-state index in [2.05, 4.69) is 11.1 Å². The average molecular weight is 288 g/mol. The molecule has 0 saturated carbocycles. The van der Waals surface area contributed by atoms with Crippen LogP contribution in [-0.4, -0.2) is 12.0 Å². The van der Waals surface area contributed by atoms with Gasteiger partial charge in [0.15, 0.2) is 0 Å². The summed E-state index contributed by atoms with van der Waals surface area (Å²) in [7, 11) is 1.92. The van der Waals surface area contributed by atoms with E-state index in [1.807, 2.05) is 23.4 Å². The van der Waals surface area contributed by atoms with Crippen LogP contribution in [0.15, 0.2) is 23.6 Å². The summed E-state index contributed by atoms with van der Waals surface area (Å²) < 4.78 is 0. The van der Waals surface area contributed by atoms with E-state index in [0.717, 1.165) is 6.54 Å². The van der Waals surface area contributed by atoms with Gasteiger partial charge < -0.3 is 10.6 Å². The largest absolute Gasteiger partial charge is 0.382 e. The van der Waals surface area contributed by atoms with Crippen LogP contribution in [0.4, 0.5) is 11.6 Å². The Balaban J connectivity index is 2.24.